The van der Waals surface area contributed by atoms with E-state index in [0.29, 0.717) is 11.6 Å². The van der Waals surface area contributed by atoms with Crippen LogP contribution in [0.15, 0.2) is 6.20 Å². The summed E-state index contributed by atoms with van der Waals surface area (Å²) in [6.07, 6.45) is 11.2. The Morgan fingerprint density at radius 1 is 1.00 bits per heavy atom. The predicted molar refractivity (Wildman–Crippen MR) is 124 cm³/mol. The molecule has 1 aromatic heterocycles. The van der Waals surface area contributed by atoms with E-state index in [1.54, 1.807) is 4.68 Å². The number of aromatic nitrogens is 3. The van der Waals surface area contributed by atoms with Gasteiger partial charge < -0.3 is 26.8 Å². The number of nitrogens with zero attached hydrogens (tertiary/aromatic N) is 4. The third-order valence-electron chi connectivity index (χ3n) is 5.73. The van der Waals surface area contributed by atoms with Crippen LogP contribution >= 0.6 is 0 Å². The molecule has 1 aromatic rings. The second-order valence-corrected chi connectivity index (χ2v) is 15.0. The lowest BCUT2D eigenvalue weighted by molar-refractivity contribution is -0.172. The van der Waals surface area contributed by atoms with E-state index in [1.807, 2.05) is 6.55 Å². The standard InChI is InChI=1S/C19H32N4O9Si3/c1-35(31-33(27)30-34(28)32-35)14-10-8-6-4-2-3-5-7-9-13-22-15-16(20-21-22)19(26)29-23-17(24)11-12-18(23)25/h15,27-28H,2-14H2,1H3. The van der Waals surface area contributed by atoms with Gasteiger partial charge in [-0.05, 0) is 19.0 Å². The van der Waals surface area contributed by atoms with E-state index in [-0.39, 0.29) is 18.5 Å². The Kier molecular flexibility index (Phi) is 10.7. The molecule has 13 nitrogen and oxygen atoms in total. The highest BCUT2D eigenvalue weighted by Crippen LogP contribution is 2.23. The molecular weight excluding hydrogens is 512 g/mol. The molecule has 2 amide bonds. The van der Waals surface area contributed by atoms with Crippen LogP contribution in [0, 0.1) is 0 Å². The summed E-state index contributed by atoms with van der Waals surface area (Å²) in [4.78, 5) is 59.0. The lowest BCUT2D eigenvalue weighted by Gasteiger charge is -2.34. The Morgan fingerprint density at radius 2 is 1.54 bits per heavy atom. The van der Waals surface area contributed by atoms with Crippen molar-refractivity contribution in [2.75, 3.05) is 0 Å². The van der Waals surface area contributed by atoms with Crippen LogP contribution in [0.3, 0.4) is 0 Å². The van der Waals surface area contributed by atoms with E-state index in [2.05, 4.69) is 10.3 Å². The van der Waals surface area contributed by atoms with Crippen LogP contribution in [0.5, 0.6) is 0 Å². The van der Waals surface area contributed by atoms with E-state index < -0.39 is 45.4 Å². The van der Waals surface area contributed by atoms with Crippen molar-refractivity contribution in [1.82, 2.24) is 20.1 Å². The molecule has 2 aliphatic heterocycles. The van der Waals surface area contributed by atoms with E-state index in [1.165, 1.54) is 6.20 Å². The quantitative estimate of drug-likeness (QED) is 0.196. The fourth-order valence-corrected chi connectivity index (χ4v) is 10.7. The number of aryl methyl sites for hydroxylation is 1. The minimum Gasteiger partial charge on any atom is -0.392 e. The molecule has 0 unspecified atom stereocenters. The molecule has 0 aliphatic carbocycles. The molecule has 0 spiro atoms. The molecule has 0 saturated carbocycles. The fraction of sp³-hybridized carbons (Fsp3) is 0.737. The first-order valence-corrected chi connectivity index (χ1v) is 17.0. The monoisotopic (exact) mass is 544 g/mol. The van der Waals surface area contributed by atoms with E-state index in [9.17, 15) is 24.0 Å². The molecule has 194 valence electrons. The van der Waals surface area contributed by atoms with Crippen LogP contribution in [0.25, 0.3) is 0 Å². The van der Waals surface area contributed by atoms with E-state index >= 15 is 0 Å². The van der Waals surface area contributed by atoms with Gasteiger partial charge in [0.15, 0.2) is 5.69 Å². The van der Waals surface area contributed by atoms with Gasteiger partial charge >= 0.3 is 33.6 Å². The van der Waals surface area contributed by atoms with Gasteiger partial charge in [-0.2, -0.15) is 0 Å². The largest absolute Gasteiger partial charge is 0.557 e. The summed E-state index contributed by atoms with van der Waals surface area (Å²) < 4.78 is 17.3. The number of amides is 2. The van der Waals surface area contributed by atoms with Crippen molar-refractivity contribution in [2.24, 2.45) is 0 Å². The first-order chi connectivity index (χ1) is 16.8. The number of carbonyl (C=O) groups is 3. The summed E-state index contributed by atoms with van der Waals surface area (Å²) >= 11 is 0. The van der Waals surface area contributed by atoms with Crippen molar-refractivity contribution in [2.45, 2.75) is 89.8 Å². The van der Waals surface area contributed by atoms with Gasteiger partial charge in [0.2, 0.25) is 0 Å². The maximum Gasteiger partial charge on any atom is 0.557 e. The first kappa shape index (κ1) is 27.8. The van der Waals surface area contributed by atoms with Gasteiger partial charge in [-0.25, -0.2) is 4.79 Å². The minimum absolute atomic E-state index is 0.0416. The molecule has 0 aromatic carbocycles. The van der Waals surface area contributed by atoms with E-state index in [4.69, 9.17) is 17.2 Å². The van der Waals surface area contributed by atoms with Crippen LogP contribution < -0.4 is 0 Å². The van der Waals surface area contributed by atoms with Gasteiger partial charge in [0.05, 0.1) is 6.20 Å². The molecule has 2 aliphatic rings. The van der Waals surface area contributed by atoms with Gasteiger partial charge in [-0.15, -0.1) is 10.2 Å². The molecule has 2 fully saturated rings. The zero-order valence-corrected chi connectivity index (χ0v) is 22.8. The van der Waals surface area contributed by atoms with Crippen molar-refractivity contribution in [3.05, 3.63) is 11.9 Å². The van der Waals surface area contributed by atoms with Crippen LogP contribution in [0.4, 0.5) is 0 Å². The third kappa shape index (κ3) is 8.98. The fourth-order valence-electron chi connectivity index (χ4n) is 3.85. The van der Waals surface area contributed by atoms with Crippen LogP contribution in [0.2, 0.25) is 12.6 Å². The molecule has 2 saturated heterocycles. The lowest BCUT2D eigenvalue weighted by atomic mass is 10.1. The number of imide groups is 1. The number of unbranched alkanes of at least 4 members (excludes halogenated alkanes) is 8. The first-order valence-electron chi connectivity index (χ1n) is 11.9. The lowest BCUT2D eigenvalue weighted by Crippen LogP contribution is -2.56. The Balaban J connectivity index is 1.18. The van der Waals surface area contributed by atoms with Crippen molar-refractivity contribution >= 4 is 45.4 Å². The third-order valence-corrected chi connectivity index (χ3v) is 13.2. The molecule has 2 N–H and O–H groups in total. The average Bonchev–Trinajstić information content (AvgIpc) is 3.38. The molecule has 3 rings (SSSR count). The topological polar surface area (TPSA) is 163 Å². The highest BCUT2D eigenvalue weighted by molar-refractivity contribution is 6.79. The number of carbonyl (C=O) groups excluding carboxylic acids is 3. The van der Waals surface area contributed by atoms with Crippen molar-refractivity contribution in [1.29, 1.82) is 0 Å². The van der Waals surface area contributed by atoms with Crippen LogP contribution in [-0.2, 0) is 33.3 Å². The van der Waals surface area contributed by atoms with Crippen LogP contribution in [-0.4, -0.2) is 75.0 Å². The SMILES string of the molecule is C[Si]1(CCCCCCCCCCCn2cc(C(=O)ON3C(=O)CCC3=O)nn2)O[Si](O)O[Si](O)O1. The normalized spacial score (nSPS) is 19.0. The number of hydrogen-bond donors (Lipinski definition) is 2. The second-order valence-electron chi connectivity index (χ2n) is 8.73. The number of rotatable bonds is 14. The van der Waals surface area contributed by atoms with Gasteiger partial charge in [0.25, 0.3) is 11.8 Å². The Morgan fingerprint density at radius 3 is 2.14 bits per heavy atom. The van der Waals surface area contributed by atoms with Crippen LogP contribution in [0.1, 0.15) is 81.1 Å². The number of hydrogen-bond acceptors (Lipinski definition) is 11. The summed E-state index contributed by atoms with van der Waals surface area (Å²) in [5, 5.41) is 8.16. The summed E-state index contributed by atoms with van der Waals surface area (Å²) in [6.45, 7) is 2.48. The molecule has 35 heavy (non-hydrogen) atoms. The van der Waals surface area contributed by atoms with Crippen molar-refractivity contribution in [3.63, 3.8) is 0 Å². The zero-order chi connectivity index (χ0) is 25.3. The van der Waals surface area contributed by atoms with Gasteiger partial charge in [0.1, 0.15) is 0 Å². The summed E-state index contributed by atoms with van der Waals surface area (Å²) in [5.74, 6) is -1.94. The van der Waals surface area contributed by atoms with E-state index in [0.717, 1.165) is 63.8 Å². The highest BCUT2D eigenvalue weighted by atomic mass is 28.5. The minimum atomic E-state index is -2.50. The Hall–Kier alpha value is -1.80. The second kappa shape index (κ2) is 13.5. The molecule has 0 atom stereocenters. The van der Waals surface area contributed by atoms with Crippen molar-refractivity contribution in [3.8, 4) is 0 Å². The maximum atomic E-state index is 12.1. The Labute approximate surface area is 208 Å². The number of hydroxylamine groups is 2. The van der Waals surface area contributed by atoms with Gasteiger partial charge in [0, 0.05) is 19.4 Å². The summed E-state index contributed by atoms with van der Waals surface area (Å²) in [6, 6.07) is 0.746. The smallest absolute Gasteiger partial charge is 0.392 e. The summed E-state index contributed by atoms with van der Waals surface area (Å²) in [5.41, 5.74) is -0.0421. The molecule has 2 radical (unpaired) electrons. The van der Waals surface area contributed by atoms with Crippen molar-refractivity contribution < 1.29 is 41.2 Å². The Bertz CT molecular complexity index is 848. The van der Waals surface area contributed by atoms with Gasteiger partial charge in [-0.3, -0.25) is 14.3 Å². The maximum absolute atomic E-state index is 12.1. The molecule has 16 heteroatoms. The average molecular weight is 545 g/mol. The summed E-state index contributed by atoms with van der Waals surface area (Å²) in [7, 11) is -7.22. The zero-order valence-electron chi connectivity index (χ0n) is 19.8. The predicted octanol–water partition coefficient (Wildman–Crippen LogP) is 1.10. The molecule has 3 heterocycles. The molecular formula is C19H32N4O9Si3. The van der Waals surface area contributed by atoms with Gasteiger partial charge in [-0.1, -0.05) is 56.6 Å². The highest BCUT2D eigenvalue weighted by Gasteiger charge is 2.46. The molecule has 0 bridgehead atoms.